The lowest BCUT2D eigenvalue weighted by Gasteiger charge is -2.13. The van der Waals surface area contributed by atoms with E-state index in [1.165, 1.54) is 0 Å². The average Bonchev–Trinajstić information content (AvgIpc) is 2.18. The van der Waals surface area contributed by atoms with E-state index in [0.717, 1.165) is 38.5 Å². The number of ether oxygens (including phenoxy) is 1. The Labute approximate surface area is 101 Å². The normalized spacial score (nSPS) is 10.6. The zero-order valence-electron chi connectivity index (χ0n) is 9.22. The van der Waals surface area contributed by atoms with Crippen LogP contribution in [0.15, 0.2) is 0 Å². The fourth-order valence-corrected chi connectivity index (χ4v) is 1.76. The monoisotopic (exact) mass is 312 g/mol. The summed E-state index contributed by atoms with van der Waals surface area (Å²) in [6.07, 6.45) is 6.55. The number of carbonyl (C=O) groups excluding carboxylic acids is 1. The fraction of sp³-hybridized carbons (Fsp3) is 0.909. The third-order valence-electron chi connectivity index (χ3n) is 2.34. The van der Waals surface area contributed by atoms with E-state index in [-0.39, 0.29) is 11.9 Å². The zero-order valence-corrected chi connectivity index (χ0v) is 11.4. The molecular weight excluding hydrogens is 291 g/mol. The summed E-state index contributed by atoms with van der Waals surface area (Å²) < 4.78 is 5.52. The number of esters is 1. The largest absolute Gasteiger partial charge is 0.455 e. The maximum Gasteiger partial charge on any atom is 0.309 e. The molecule has 0 aliphatic carbocycles. The van der Waals surface area contributed by atoms with Crippen molar-refractivity contribution < 1.29 is 9.53 Å². The molecule has 0 radical (unpaired) electrons. The summed E-state index contributed by atoms with van der Waals surface area (Å²) >= 11 is 2.07. The Bertz CT molecular complexity index is 140. The standard InChI is InChI=1S/C11H21IO2/c1-3-5-7-10(8-6-4-2)11(13)14-9-12/h10H,3-9H2,1-2H3. The maximum atomic E-state index is 11.5. The first-order chi connectivity index (χ1) is 6.76. The number of rotatable bonds is 8. The Kier molecular flexibility index (Phi) is 9.88. The Balaban J connectivity index is 3.88. The minimum atomic E-state index is 0.00120. The van der Waals surface area contributed by atoms with Crippen LogP contribution in [0.5, 0.6) is 0 Å². The van der Waals surface area contributed by atoms with Gasteiger partial charge in [0.15, 0.2) is 0 Å². The number of hydrogen-bond donors (Lipinski definition) is 0. The van der Waals surface area contributed by atoms with E-state index in [1.807, 2.05) is 0 Å². The summed E-state index contributed by atoms with van der Waals surface area (Å²) in [6.45, 7) is 4.31. The molecule has 0 bridgehead atoms. The molecule has 0 aromatic carbocycles. The number of halogens is 1. The molecule has 0 aromatic heterocycles. The van der Waals surface area contributed by atoms with E-state index in [0.29, 0.717) is 4.61 Å². The summed E-state index contributed by atoms with van der Waals surface area (Å²) in [5.74, 6) is 0.144. The van der Waals surface area contributed by atoms with Crippen molar-refractivity contribution in [3.8, 4) is 0 Å². The van der Waals surface area contributed by atoms with Crippen molar-refractivity contribution >= 4 is 28.6 Å². The van der Waals surface area contributed by atoms with Gasteiger partial charge in [0.05, 0.1) is 5.92 Å². The van der Waals surface area contributed by atoms with Crippen LogP contribution >= 0.6 is 22.6 Å². The number of carbonyl (C=O) groups is 1. The highest BCUT2D eigenvalue weighted by molar-refractivity contribution is 14.1. The molecule has 3 heteroatoms. The van der Waals surface area contributed by atoms with Crippen LogP contribution in [0.1, 0.15) is 52.4 Å². The van der Waals surface area contributed by atoms with E-state index in [1.54, 1.807) is 0 Å². The highest BCUT2D eigenvalue weighted by atomic mass is 127. The molecule has 0 unspecified atom stereocenters. The number of hydrogen-bond acceptors (Lipinski definition) is 2. The quantitative estimate of drug-likeness (QED) is 0.386. The third-order valence-corrected chi connectivity index (χ3v) is 2.65. The SMILES string of the molecule is CCCCC(CCCC)C(=O)OCI. The summed E-state index contributed by atoms with van der Waals surface area (Å²) in [5.41, 5.74) is 0. The first-order valence-corrected chi connectivity index (χ1v) is 7.01. The lowest BCUT2D eigenvalue weighted by Crippen LogP contribution is -2.17. The number of alkyl halides is 1. The zero-order chi connectivity index (χ0) is 10.8. The minimum Gasteiger partial charge on any atom is -0.455 e. The van der Waals surface area contributed by atoms with Crippen LogP contribution in [0.2, 0.25) is 0 Å². The summed E-state index contributed by atoms with van der Waals surface area (Å²) in [4.78, 5) is 11.5. The molecule has 84 valence electrons. The molecule has 0 fully saturated rings. The third kappa shape index (κ3) is 6.62. The van der Waals surface area contributed by atoms with Gasteiger partial charge < -0.3 is 4.74 Å². The first-order valence-electron chi connectivity index (χ1n) is 5.48. The first kappa shape index (κ1) is 14.2. The molecule has 0 saturated heterocycles. The van der Waals surface area contributed by atoms with Crippen LogP contribution in [0.4, 0.5) is 0 Å². The molecule has 0 aromatic rings. The summed E-state index contributed by atoms with van der Waals surface area (Å²) in [5, 5.41) is 0. The van der Waals surface area contributed by atoms with Gasteiger partial charge in [-0.2, -0.15) is 0 Å². The second-order valence-corrected chi connectivity index (χ2v) is 4.18. The molecule has 0 heterocycles. The molecule has 0 atom stereocenters. The van der Waals surface area contributed by atoms with Crippen LogP contribution in [0, 0.1) is 5.92 Å². The van der Waals surface area contributed by atoms with Gasteiger partial charge in [-0.1, -0.05) is 39.5 Å². The topological polar surface area (TPSA) is 26.3 Å². The molecule has 0 N–H and O–H groups in total. The van der Waals surface area contributed by atoms with Gasteiger partial charge in [-0.25, -0.2) is 0 Å². The molecular formula is C11H21IO2. The smallest absolute Gasteiger partial charge is 0.309 e. The van der Waals surface area contributed by atoms with Crippen LogP contribution in [-0.2, 0) is 9.53 Å². The van der Waals surface area contributed by atoms with Crippen molar-refractivity contribution in [1.29, 1.82) is 0 Å². The summed E-state index contributed by atoms with van der Waals surface area (Å²) in [6, 6.07) is 0. The van der Waals surface area contributed by atoms with E-state index >= 15 is 0 Å². The molecule has 0 saturated carbocycles. The second kappa shape index (κ2) is 9.74. The molecule has 0 spiro atoms. The van der Waals surface area contributed by atoms with Crippen molar-refractivity contribution in [2.24, 2.45) is 5.92 Å². The van der Waals surface area contributed by atoms with Crippen molar-refractivity contribution in [1.82, 2.24) is 0 Å². The Morgan fingerprint density at radius 2 is 1.71 bits per heavy atom. The van der Waals surface area contributed by atoms with Gasteiger partial charge in [-0.05, 0) is 35.4 Å². The van der Waals surface area contributed by atoms with Crippen molar-refractivity contribution in [3.63, 3.8) is 0 Å². The van der Waals surface area contributed by atoms with E-state index < -0.39 is 0 Å². The molecule has 0 rings (SSSR count). The highest BCUT2D eigenvalue weighted by Crippen LogP contribution is 2.18. The molecule has 14 heavy (non-hydrogen) atoms. The Hall–Kier alpha value is 0.200. The highest BCUT2D eigenvalue weighted by Gasteiger charge is 2.18. The van der Waals surface area contributed by atoms with Gasteiger partial charge in [0.1, 0.15) is 4.61 Å². The van der Waals surface area contributed by atoms with Crippen molar-refractivity contribution in [2.75, 3.05) is 4.61 Å². The van der Waals surface area contributed by atoms with Crippen LogP contribution in [-0.4, -0.2) is 10.6 Å². The predicted molar refractivity (Wildman–Crippen MR) is 67.5 cm³/mol. The number of unbranched alkanes of at least 4 members (excludes halogenated alkanes) is 2. The average molecular weight is 312 g/mol. The van der Waals surface area contributed by atoms with Crippen molar-refractivity contribution in [3.05, 3.63) is 0 Å². The van der Waals surface area contributed by atoms with E-state index in [2.05, 4.69) is 36.4 Å². The van der Waals surface area contributed by atoms with Crippen LogP contribution in [0.3, 0.4) is 0 Å². The van der Waals surface area contributed by atoms with Crippen LogP contribution in [0.25, 0.3) is 0 Å². The maximum absolute atomic E-state index is 11.5. The van der Waals surface area contributed by atoms with Gasteiger partial charge in [0, 0.05) is 0 Å². The van der Waals surface area contributed by atoms with Crippen LogP contribution < -0.4 is 0 Å². The van der Waals surface area contributed by atoms with Gasteiger partial charge in [0.25, 0.3) is 0 Å². The molecule has 2 nitrogen and oxygen atoms in total. The lowest BCUT2D eigenvalue weighted by atomic mass is 9.96. The van der Waals surface area contributed by atoms with Crippen molar-refractivity contribution in [2.45, 2.75) is 52.4 Å². The lowest BCUT2D eigenvalue weighted by molar-refractivity contribution is -0.146. The van der Waals surface area contributed by atoms with E-state index in [4.69, 9.17) is 4.74 Å². The minimum absolute atomic E-state index is 0.00120. The van der Waals surface area contributed by atoms with Gasteiger partial charge in [-0.3, -0.25) is 4.79 Å². The summed E-state index contributed by atoms with van der Waals surface area (Å²) in [7, 11) is 0. The molecule has 0 aliphatic rings. The second-order valence-electron chi connectivity index (χ2n) is 3.55. The van der Waals surface area contributed by atoms with E-state index in [9.17, 15) is 4.79 Å². The van der Waals surface area contributed by atoms with Gasteiger partial charge in [-0.15, -0.1) is 0 Å². The Morgan fingerprint density at radius 3 is 2.07 bits per heavy atom. The fourth-order valence-electron chi connectivity index (χ4n) is 1.45. The Morgan fingerprint density at radius 1 is 1.21 bits per heavy atom. The molecule has 0 amide bonds. The predicted octanol–water partition coefficient (Wildman–Crippen LogP) is 3.92. The van der Waals surface area contributed by atoms with Gasteiger partial charge in [0.2, 0.25) is 0 Å². The molecule has 0 aliphatic heterocycles. The van der Waals surface area contributed by atoms with Gasteiger partial charge >= 0.3 is 5.97 Å².